The first-order valence-electron chi connectivity index (χ1n) is 9.52. The molecule has 0 aliphatic heterocycles. The van der Waals surface area contributed by atoms with Crippen molar-refractivity contribution >= 4 is 23.1 Å². The summed E-state index contributed by atoms with van der Waals surface area (Å²) >= 11 is 0. The minimum Gasteiger partial charge on any atom is -0.493 e. The summed E-state index contributed by atoms with van der Waals surface area (Å²) in [6, 6.07) is 3.13. The molecule has 2 aromatic rings. The number of aromatic nitrogens is 2. The van der Waals surface area contributed by atoms with Gasteiger partial charge in [0.1, 0.15) is 11.5 Å². The van der Waals surface area contributed by atoms with Crippen molar-refractivity contribution in [3.8, 4) is 11.5 Å². The van der Waals surface area contributed by atoms with E-state index >= 15 is 0 Å². The van der Waals surface area contributed by atoms with Crippen molar-refractivity contribution in [3.05, 3.63) is 30.1 Å². The number of ketones is 1. The van der Waals surface area contributed by atoms with Gasteiger partial charge in [0.2, 0.25) is 0 Å². The number of rotatable bonds is 7. The van der Waals surface area contributed by atoms with E-state index in [0.29, 0.717) is 30.0 Å². The average Bonchev–Trinajstić information content (AvgIpc) is 2.71. The van der Waals surface area contributed by atoms with Crippen molar-refractivity contribution in [3.63, 3.8) is 0 Å². The maximum Gasteiger partial charge on any atom is 0.264 e. The molecule has 0 amide bonds. The van der Waals surface area contributed by atoms with E-state index in [1.807, 2.05) is 0 Å². The Morgan fingerprint density at radius 1 is 1.27 bits per heavy atom. The number of Topliss-reactive ketones (excluding diaryl/α,β-unsaturated/α-hetero) is 1. The van der Waals surface area contributed by atoms with Crippen LogP contribution >= 0.6 is 0 Å². The molecule has 1 saturated carbocycles. The first kappa shape index (κ1) is 21.7. The molecule has 30 heavy (non-hydrogen) atoms. The standard InChI is InChI=1S/C20H25F2N5O3/c1-11(28)17-19(25-12-6-7-14(29-2)15(9-12)30-3)27-16(10-24-17)26-13-5-4-8-20(21,22)18(13)23/h6-7,9-10,13,18H,4-5,8,23H2,1-3H3,(H2,25,26,27)/t13-,18-/m1/s1. The number of ether oxygens (including phenoxy) is 2. The van der Waals surface area contributed by atoms with E-state index in [1.165, 1.54) is 27.3 Å². The van der Waals surface area contributed by atoms with Crippen molar-refractivity contribution < 1.29 is 23.0 Å². The lowest BCUT2D eigenvalue weighted by Gasteiger charge is -2.36. The number of nitrogens with two attached hydrogens (primary N) is 1. The molecule has 0 radical (unpaired) electrons. The van der Waals surface area contributed by atoms with Crippen LogP contribution in [-0.4, -0.2) is 48.0 Å². The molecule has 10 heteroatoms. The summed E-state index contributed by atoms with van der Waals surface area (Å²) < 4.78 is 38.4. The van der Waals surface area contributed by atoms with Crippen molar-refractivity contribution in [1.29, 1.82) is 0 Å². The Balaban J connectivity index is 1.87. The van der Waals surface area contributed by atoms with E-state index in [-0.39, 0.29) is 29.5 Å². The SMILES string of the molecule is COc1ccc(Nc2nc(N[C@@H]3CCCC(F)(F)[C@@H]3N)cnc2C(C)=O)cc1OC. The van der Waals surface area contributed by atoms with Crippen LogP contribution in [-0.2, 0) is 0 Å². The van der Waals surface area contributed by atoms with Gasteiger partial charge in [-0.2, -0.15) is 0 Å². The Labute approximate surface area is 173 Å². The molecular formula is C20H25F2N5O3. The van der Waals surface area contributed by atoms with Crippen LogP contribution in [0.5, 0.6) is 11.5 Å². The van der Waals surface area contributed by atoms with E-state index in [4.69, 9.17) is 15.2 Å². The second-order valence-electron chi connectivity index (χ2n) is 7.13. The van der Waals surface area contributed by atoms with Gasteiger partial charge in [-0.05, 0) is 25.0 Å². The second-order valence-corrected chi connectivity index (χ2v) is 7.13. The molecule has 1 aliphatic rings. The fraction of sp³-hybridized carbons (Fsp3) is 0.450. The number of methoxy groups -OCH3 is 2. The molecule has 2 atom stereocenters. The fourth-order valence-corrected chi connectivity index (χ4v) is 3.40. The van der Waals surface area contributed by atoms with Gasteiger partial charge in [0.05, 0.1) is 26.5 Å². The van der Waals surface area contributed by atoms with Crippen LogP contribution in [0, 0.1) is 0 Å². The first-order chi connectivity index (χ1) is 14.2. The Morgan fingerprint density at radius 2 is 2.00 bits per heavy atom. The predicted molar refractivity (Wildman–Crippen MR) is 109 cm³/mol. The molecule has 0 saturated heterocycles. The molecule has 0 bridgehead atoms. The molecule has 0 unspecified atom stereocenters. The maximum absolute atomic E-state index is 13.9. The molecule has 1 aromatic carbocycles. The normalized spacial score (nSPS) is 20.3. The topological polar surface area (TPSA) is 111 Å². The lowest BCUT2D eigenvalue weighted by Crippen LogP contribution is -2.55. The molecule has 1 aromatic heterocycles. The van der Waals surface area contributed by atoms with E-state index in [0.717, 1.165) is 0 Å². The van der Waals surface area contributed by atoms with Crippen LogP contribution < -0.4 is 25.8 Å². The highest BCUT2D eigenvalue weighted by Crippen LogP contribution is 2.34. The molecule has 162 valence electrons. The zero-order valence-electron chi connectivity index (χ0n) is 17.0. The number of carbonyl (C=O) groups excluding carboxylic acids is 1. The van der Waals surface area contributed by atoms with Crippen LogP contribution in [0.4, 0.5) is 26.1 Å². The number of benzene rings is 1. The Kier molecular flexibility index (Phi) is 6.35. The van der Waals surface area contributed by atoms with Crippen LogP contribution in [0.25, 0.3) is 0 Å². The summed E-state index contributed by atoms with van der Waals surface area (Å²) in [6.07, 6.45) is 1.96. The van der Waals surface area contributed by atoms with Gasteiger partial charge in [0, 0.05) is 31.1 Å². The number of hydrogen-bond acceptors (Lipinski definition) is 8. The number of nitrogens with one attached hydrogen (secondary N) is 2. The number of nitrogens with zero attached hydrogens (tertiary/aromatic N) is 2. The number of halogens is 2. The molecule has 1 aliphatic carbocycles. The summed E-state index contributed by atoms with van der Waals surface area (Å²) in [5.41, 5.74) is 6.45. The van der Waals surface area contributed by atoms with Gasteiger partial charge in [-0.1, -0.05) is 0 Å². The monoisotopic (exact) mass is 421 g/mol. The van der Waals surface area contributed by atoms with Crippen LogP contribution in [0.1, 0.15) is 36.7 Å². The first-order valence-corrected chi connectivity index (χ1v) is 9.52. The van der Waals surface area contributed by atoms with Crippen molar-refractivity contribution in [2.45, 2.75) is 44.2 Å². The van der Waals surface area contributed by atoms with Gasteiger partial charge in [-0.15, -0.1) is 0 Å². The quantitative estimate of drug-likeness (QED) is 0.584. The minimum absolute atomic E-state index is 0.119. The van der Waals surface area contributed by atoms with Gasteiger partial charge in [0.25, 0.3) is 5.92 Å². The summed E-state index contributed by atoms with van der Waals surface area (Å²) in [4.78, 5) is 20.5. The van der Waals surface area contributed by atoms with Crippen LogP contribution in [0.2, 0.25) is 0 Å². The van der Waals surface area contributed by atoms with Crippen LogP contribution in [0.3, 0.4) is 0 Å². The highest BCUT2D eigenvalue weighted by molar-refractivity contribution is 5.97. The van der Waals surface area contributed by atoms with Gasteiger partial charge in [-0.3, -0.25) is 4.79 Å². The highest BCUT2D eigenvalue weighted by atomic mass is 19.3. The second kappa shape index (κ2) is 8.78. The van der Waals surface area contributed by atoms with Crippen molar-refractivity contribution in [2.24, 2.45) is 5.73 Å². The smallest absolute Gasteiger partial charge is 0.264 e. The van der Waals surface area contributed by atoms with Gasteiger partial charge in [0.15, 0.2) is 23.1 Å². The maximum atomic E-state index is 13.9. The summed E-state index contributed by atoms with van der Waals surface area (Å²) in [5, 5.41) is 5.98. The Hall–Kier alpha value is -3.01. The number of hydrogen-bond donors (Lipinski definition) is 3. The molecule has 1 fully saturated rings. The third kappa shape index (κ3) is 4.59. The van der Waals surface area contributed by atoms with E-state index in [2.05, 4.69) is 20.6 Å². The van der Waals surface area contributed by atoms with Gasteiger partial charge < -0.3 is 25.8 Å². The van der Waals surface area contributed by atoms with Gasteiger partial charge in [-0.25, -0.2) is 18.7 Å². The third-order valence-electron chi connectivity index (χ3n) is 5.03. The molecule has 3 rings (SSSR count). The Morgan fingerprint density at radius 3 is 2.67 bits per heavy atom. The lowest BCUT2D eigenvalue weighted by molar-refractivity contribution is -0.0554. The van der Waals surface area contributed by atoms with Crippen LogP contribution in [0.15, 0.2) is 24.4 Å². The summed E-state index contributed by atoms with van der Waals surface area (Å²) in [7, 11) is 3.04. The molecule has 4 N–H and O–H groups in total. The minimum atomic E-state index is -2.94. The van der Waals surface area contributed by atoms with E-state index in [1.54, 1.807) is 18.2 Å². The molecular weight excluding hydrogens is 396 g/mol. The zero-order chi connectivity index (χ0) is 21.9. The molecule has 8 nitrogen and oxygen atoms in total. The number of anilines is 3. The van der Waals surface area contributed by atoms with Gasteiger partial charge >= 0.3 is 0 Å². The Bertz CT molecular complexity index is 925. The zero-order valence-corrected chi connectivity index (χ0v) is 17.0. The molecule has 1 heterocycles. The summed E-state index contributed by atoms with van der Waals surface area (Å²) in [6.45, 7) is 1.37. The van der Waals surface area contributed by atoms with Crippen molar-refractivity contribution in [1.82, 2.24) is 9.97 Å². The highest BCUT2D eigenvalue weighted by Gasteiger charge is 2.44. The largest absolute Gasteiger partial charge is 0.493 e. The van der Waals surface area contributed by atoms with E-state index < -0.39 is 18.0 Å². The average molecular weight is 421 g/mol. The summed E-state index contributed by atoms with van der Waals surface area (Å²) in [5.74, 6) is -1.76. The van der Waals surface area contributed by atoms with E-state index in [9.17, 15) is 13.6 Å². The van der Waals surface area contributed by atoms with Crippen molar-refractivity contribution in [2.75, 3.05) is 24.9 Å². The predicted octanol–water partition coefficient (Wildman–Crippen LogP) is 3.37. The third-order valence-corrected chi connectivity index (χ3v) is 5.03. The fourth-order valence-electron chi connectivity index (χ4n) is 3.40. The number of carbonyl (C=O) groups is 1. The lowest BCUT2D eigenvalue weighted by atomic mass is 9.87. The molecule has 0 spiro atoms. The number of alkyl halides is 2.